The molecule has 0 spiro atoms. The van der Waals surface area contributed by atoms with Gasteiger partial charge in [0.1, 0.15) is 5.82 Å². The molecule has 0 atom stereocenters. The number of halogens is 1. The van der Waals surface area contributed by atoms with Crippen LogP contribution in [0, 0.1) is 12.7 Å². The second kappa shape index (κ2) is 7.57. The topological polar surface area (TPSA) is 71.1 Å². The number of hydrogen-bond acceptors (Lipinski definition) is 3. The quantitative estimate of drug-likeness (QED) is 0.747. The predicted octanol–water partition coefficient (Wildman–Crippen LogP) is 4.03. The maximum atomic E-state index is 13.7. The Balaban J connectivity index is 1.77. The van der Waals surface area contributed by atoms with Crippen molar-refractivity contribution in [2.75, 3.05) is 10.6 Å². The third kappa shape index (κ3) is 3.92. The number of nitrogens with zero attached hydrogens (tertiary/aromatic N) is 1. The summed E-state index contributed by atoms with van der Waals surface area (Å²) in [4.78, 5) is 28.7. The maximum Gasteiger partial charge on any atom is 0.257 e. The minimum atomic E-state index is -0.548. The van der Waals surface area contributed by atoms with Crippen LogP contribution >= 0.6 is 0 Å². The number of benzene rings is 2. The molecular formula is C20H16FN3O2. The molecule has 0 fully saturated rings. The molecule has 0 saturated carbocycles. The second-order valence-corrected chi connectivity index (χ2v) is 5.67. The van der Waals surface area contributed by atoms with Gasteiger partial charge in [-0.3, -0.25) is 14.6 Å². The molecule has 26 heavy (non-hydrogen) atoms. The molecule has 0 saturated heterocycles. The van der Waals surface area contributed by atoms with E-state index in [-0.39, 0.29) is 22.7 Å². The number of carbonyl (C=O) groups excluding carboxylic acids is 2. The molecule has 2 N–H and O–H groups in total. The number of para-hydroxylation sites is 2. The fraction of sp³-hybridized carbons (Fsp3) is 0.0500. The number of anilines is 2. The van der Waals surface area contributed by atoms with Crippen LogP contribution in [-0.4, -0.2) is 16.8 Å². The van der Waals surface area contributed by atoms with Crippen LogP contribution in [0.15, 0.2) is 67.0 Å². The first kappa shape index (κ1) is 17.3. The summed E-state index contributed by atoms with van der Waals surface area (Å²) >= 11 is 0. The summed E-state index contributed by atoms with van der Waals surface area (Å²) in [5.41, 5.74) is 2.05. The normalized spacial score (nSPS) is 10.2. The van der Waals surface area contributed by atoms with Crippen LogP contribution in [0.5, 0.6) is 0 Å². The minimum Gasteiger partial charge on any atom is -0.322 e. The van der Waals surface area contributed by atoms with Crippen molar-refractivity contribution in [1.82, 2.24) is 4.98 Å². The summed E-state index contributed by atoms with van der Waals surface area (Å²) in [6.45, 7) is 1.88. The van der Waals surface area contributed by atoms with Gasteiger partial charge in [-0.25, -0.2) is 4.39 Å². The Morgan fingerprint density at radius 1 is 0.846 bits per heavy atom. The van der Waals surface area contributed by atoms with Crippen LogP contribution < -0.4 is 10.6 Å². The van der Waals surface area contributed by atoms with Gasteiger partial charge in [-0.15, -0.1) is 0 Å². The molecule has 3 aromatic rings. The Morgan fingerprint density at radius 3 is 2.00 bits per heavy atom. The molecule has 0 unspecified atom stereocenters. The number of nitrogens with one attached hydrogen (secondary N) is 2. The van der Waals surface area contributed by atoms with Crippen molar-refractivity contribution in [1.29, 1.82) is 0 Å². The highest BCUT2D eigenvalue weighted by atomic mass is 19.1. The monoisotopic (exact) mass is 349 g/mol. The van der Waals surface area contributed by atoms with Crippen LogP contribution in [0.2, 0.25) is 0 Å². The van der Waals surface area contributed by atoms with Gasteiger partial charge in [0, 0.05) is 18.1 Å². The van der Waals surface area contributed by atoms with Crippen LogP contribution in [0.25, 0.3) is 0 Å². The summed E-state index contributed by atoms with van der Waals surface area (Å²) in [6, 6.07) is 14.6. The fourth-order valence-corrected chi connectivity index (χ4v) is 2.35. The zero-order valence-electron chi connectivity index (χ0n) is 14.0. The first-order valence-electron chi connectivity index (χ1n) is 7.92. The third-order valence-electron chi connectivity index (χ3n) is 3.78. The molecule has 6 heteroatoms. The Morgan fingerprint density at radius 2 is 1.38 bits per heavy atom. The molecule has 0 aliphatic heterocycles. The number of amides is 2. The average Bonchev–Trinajstić information content (AvgIpc) is 2.65. The van der Waals surface area contributed by atoms with E-state index < -0.39 is 11.7 Å². The average molecular weight is 349 g/mol. The van der Waals surface area contributed by atoms with E-state index >= 15 is 0 Å². The lowest BCUT2D eigenvalue weighted by molar-refractivity contribution is 0.102. The van der Waals surface area contributed by atoms with Gasteiger partial charge >= 0.3 is 0 Å². The molecule has 2 amide bonds. The Labute approximate surface area is 149 Å². The van der Waals surface area contributed by atoms with Gasteiger partial charge in [-0.1, -0.05) is 30.3 Å². The lowest BCUT2D eigenvalue weighted by atomic mass is 10.1. The van der Waals surface area contributed by atoms with Crippen molar-refractivity contribution in [3.8, 4) is 0 Å². The second-order valence-electron chi connectivity index (χ2n) is 5.67. The third-order valence-corrected chi connectivity index (χ3v) is 3.78. The molecule has 0 radical (unpaired) electrons. The summed E-state index contributed by atoms with van der Waals surface area (Å²) in [5.74, 6) is -1.47. The predicted molar refractivity (Wildman–Crippen MR) is 97.7 cm³/mol. The van der Waals surface area contributed by atoms with E-state index in [0.717, 1.165) is 5.56 Å². The highest BCUT2D eigenvalue weighted by Gasteiger charge is 2.13. The van der Waals surface area contributed by atoms with E-state index in [9.17, 15) is 14.0 Å². The number of aryl methyl sites for hydroxylation is 1. The SMILES string of the molecule is Cc1ccccc1NC(=O)c1cncc(C(=O)Nc2ccccc2F)c1. The van der Waals surface area contributed by atoms with E-state index in [1.165, 1.54) is 36.7 Å². The number of rotatable bonds is 4. The lowest BCUT2D eigenvalue weighted by Gasteiger charge is -2.09. The molecule has 5 nitrogen and oxygen atoms in total. The van der Waals surface area contributed by atoms with Crippen molar-refractivity contribution < 1.29 is 14.0 Å². The molecule has 0 aliphatic rings. The minimum absolute atomic E-state index is 0.0623. The summed E-state index contributed by atoms with van der Waals surface area (Å²) in [5, 5.41) is 5.25. The van der Waals surface area contributed by atoms with Gasteiger partial charge in [-0.05, 0) is 36.8 Å². The van der Waals surface area contributed by atoms with Gasteiger partial charge in [0.25, 0.3) is 11.8 Å². The number of aromatic nitrogens is 1. The van der Waals surface area contributed by atoms with Crippen LogP contribution in [-0.2, 0) is 0 Å². The van der Waals surface area contributed by atoms with Gasteiger partial charge in [0.2, 0.25) is 0 Å². The van der Waals surface area contributed by atoms with Crippen LogP contribution in [0.1, 0.15) is 26.3 Å². The Bertz CT molecular complexity index is 898. The molecule has 3 rings (SSSR count). The molecule has 1 aromatic heterocycles. The molecule has 1 heterocycles. The first-order chi connectivity index (χ1) is 12.5. The smallest absolute Gasteiger partial charge is 0.257 e. The number of pyridine rings is 1. The zero-order valence-corrected chi connectivity index (χ0v) is 14.0. The van der Waals surface area contributed by atoms with Crippen molar-refractivity contribution in [2.24, 2.45) is 0 Å². The van der Waals surface area contributed by atoms with E-state index in [2.05, 4.69) is 15.6 Å². The lowest BCUT2D eigenvalue weighted by Crippen LogP contribution is -2.17. The number of carbonyl (C=O) groups is 2. The molecule has 2 aromatic carbocycles. The van der Waals surface area contributed by atoms with Crippen LogP contribution in [0.3, 0.4) is 0 Å². The Hall–Kier alpha value is -3.54. The van der Waals surface area contributed by atoms with E-state index in [1.54, 1.807) is 12.1 Å². The summed E-state index contributed by atoms with van der Waals surface area (Å²) in [6.07, 6.45) is 2.69. The van der Waals surface area contributed by atoms with E-state index in [1.807, 2.05) is 25.1 Å². The van der Waals surface area contributed by atoms with Gasteiger partial charge in [0.05, 0.1) is 16.8 Å². The van der Waals surface area contributed by atoms with Crippen molar-refractivity contribution in [3.63, 3.8) is 0 Å². The molecule has 130 valence electrons. The maximum absolute atomic E-state index is 13.7. The summed E-state index contributed by atoms with van der Waals surface area (Å²) < 4.78 is 13.7. The molecule has 0 bridgehead atoms. The van der Waals surface area contributed by atoms with Crippen molar-refractivity contribution in [3.05, 3.63) is 89.5 Å². The first-order valence-corrected chi connectivity index (χ1v) is 7.92. The molecular weight excluding hydrogens is 333 g/mol. The highest BCUT2D eigenvalue weighted by molar-refractivity contribution is 6.08. The highest BCUT2D eigenvalue weighted by Crippen LogP contribution is 2.16. The standard InChI is InChI=1S/C20H16FN3O2/c1-13-6-2-4-8-17(13)23-19(25)14-10-15(12-22-11-14)20(26)24-18-9-5-3-7-16(18)21/h2-12H,1H3,(H,23,25)(H,24,26). The van der Waals surface area contributed by atoms with E-state index in [4.69, 9.17) is 0 Å². The van der Waals surface area contributed by atoms with Crippen LogP contribution in [0.4, 0.5) is 15.8 Å². The zero-order chi connectivity index (χ0) is 18.5. The van der Waals surface area contributed by atoms with Gasteiger partial charge in [-0.2, -0.15) is 0 Å². The summed E-state index contributed by atoms with van der Waals surface area (Å²) in [7, 11) is 0. The molecule has 0 aliphatic carbocycles. The van der Waals surface area contributed by atoms with Gasteiger partial charge < -0.3 is 10.6 Å². The van der Waals surface area contributed by atoms with Crippen molar-refractivity contribution in [2.45, 2.75) is 6.92 Å². The number of hydrogen-bond donors (Lipinski definition) is 2. The van der Waals surface area contributed by atoms with E-state index in [0.29, 0.717) is 5.69 Å². The Kier molecular flexibility index (Phi) is 5.03. The largest absolute Gasteiger partial charge is 0.322 e. The van der Waals surface area contributed by atoms with Gasteiger partial charge in [0.15, 0.2) is 0 Å². The van der Waals surface area contributed by atoms with Crippen molar-refractivity contribution >= 4 is 23.2 Å². The fourth-order valence-electron chi connectivity index (χ4n) is 2.35.